The van der Waals surface area contributed by atoms with Crippen molar-refractivity contribution >= 4 is 5.91 Å². The van der Waals surface area contributed by atoms with Gasteiger partial charge in [0.05, 0.1) is 13.0 Å². The van der Waals surface area contributed by atoms with E-state index in [1.807, 2.05) is 12.1 Å². The van der Waals surface area contributed by atoms with Gasteiger partial charge in [-0.1, -0.05) is 0 Å². The minimum Gasteiger partial charge on any atom is -0.383 e. The van der Waals surface area contributed by atoms with Crippen molar-refractivity contribution in [2.24, 2.45) is 5.92 Å². The van der Waals surface area contributed by atoms with Crippen molar-refractivity contribution in [1.29, 1.82) is 0 Å². The Labute approximate surface area is 120 Å². The molecule has 5 heteroatoms. The SMILES string of the molecule is COCCN1CC[C@@H](CNC(=O)Cc2ccncc2)C1. The molecule has 1 aliphatic heterocycles. The number of nitrogens with zero attached hydrogens (tertiary/aromatic N) is 2. The molecule has 1 aromatic heterocycles. The summed E-state index contributed by atoms with van der Waals surface area (Å²) in [6, 6.07) is 3.75. The molecule has 20 heavy (non-hydrogen) atoms. The zero-order chi connectivity index (χ0) is 14.2. The Morgan fingerprint density at radius 3 is 3.05 bits per heavy atom. The number of ether oxygens (including phenoxy) is 1. The normalized spacial score (nSPS) is 19.1. The molecular formula is C15H23N3O2. The lowest BCUT2D eigenvalue weighted by Gasteiger charge is -2.15. The van der Waals surface area contributed by atoms with Crippen LogP contribution in [0.3, 0.4) is 0 Å². The summed E-state index contributed by atoms with van der Waals surface area (Å²) in [5.74, 6) is 0.653. The van der Waals surface area contributed by atoms with Gasteiger partial charge < -0.3 is 15.0 Å². The first-order chi connectivity index (χ1) is 9.78. The molecule has 0 bridgehead atoms. The fraction of sp³-hybridized carbons (Fsp3) is 0.600. The van der Waals surface area contributed by atoms with E-state index in [1.54, 1.807) is 19.5 Å². The minimum atomic E-state index is 0.0894. The third-order valence-electron chi connectivity index (χ3n) is 3.68. The summed E-state index contributed by atoms with van der Waals surface area (Å²) < 4.78 is 5.09. The van der Waals surface area contributed by atoms with Crippen LogP contribution in [0.1, 0.15) is 12.0 Å². The first-order valence-corrected chi connectivity index (χ1v) is 7.15. The number of aromatic nitrogens is 1. The highest BCUT2D eigenvalue weighted by Gasteiger charge is 2.22. The van der Waals surface area contributed by atoms with Crippen LogP contribution >= 0.6 is 0 Å². The van der Waals surface area contributed by atoms with Gasteiger partial charge in [0.15, 0.2) is 0 Å². The molecule has 1 N–H and O–H groups in total. The van der Waals surface area contributed by atoms with Gasteiger partial charge in [0.1, 0.15) is 0 Å². The maximum atomic E-state index is 11.9. The van der Waals surface area contributed by atoms with Crippen molar-refractivity contribution in [3.63, 3.8) is 0 Å². The Morgan fingerprint density at radius 1 is 1.50 bits per heavy atom. The summed E-state index contributed by atoms with van der Waals surface area (Å²) >= 11 is 0. The average molecular weight is 277 g/mol. The molecule has 2 rings (SSSR count). The molecule has 1 atom stereocenters. The zero-order valence-electron chi connectivity index (χ0n) is 12.0. The molecule has 0 aliphatic carbocycles. The molecule has 1 amide bonds. The minimum absolute atomic E-state index is 0.0894. The van der Waals surface area contributed by atoms with Crippen molar-refractivity contribution in [1.82, 2.24) is 15.2 Å². The zero-order valence-corrected chi connectivity index (χ0v) is 12.0. The molecule has 0 radical (unpaired) electrons. The number of likely N-dealkylation sites (tertiary alicyclic amines) is 1. The smallest absolute Gasteiger partial charge is 0.224 e. The molecule has 0 unspecified atom stereocenters. The molecule has 1 saturated heterocycles. The molecule has 0 aromatic carbocycles. The number of carbonyl (C=O) groups excluding carboxylic acids is 1. The largest absolute Gasteiger partial charge is 0.383 e. The topological polar surface area (TPSA) is 54.5 Å². The van der Waals surface area contributed by atoms with E-state index in [0.717, 1.165) is 44.8 Å². The van der Waals surface area contributed by atoms with E-state index >= 15 is 0 Å². The van der Waals surface area contributed by atoms with Crippen LogP contribution in [0.2, 0.25) is 0 Å². The molecule has 5 nitrogen and oxygen atoms in total. The first-order valence-electron chi connectivity index (χ1n) is 7.15. The maximum Gasteiger partial charge on any atom is 0.224 e. The Morgan fingerprint density at radius 2 is 2.30 bits per heavy atom. The van der Waals surface area contributed by atoms with E-state index in [4.69, 9.17) is 4.74 Å². The highest BCUT2D eigenvalue weighted by Crippen LogP contribution is 2.14. The molecular weight excluding hydrogens is 254 g/mol. The van der Waals surface area contributed by atoms with Crippen molar-refractivity contribution in [2.45, 2.75) is 12.8 Å². The standard InChI is InChI=1S/C15H23N3O2/c1-20-9-8-18-7-4-14(12-18)11-17-15(19)10-13-2-5-16-6-3-13/h2-3,5-6,14H,4,7-12H2,1H3,(H,17,19)/t14-/m0/s1. The average Bonchev–Trinajstić information content (AvgIpc) is 2.92. The highest BCUT2D eigenvalue weighted by atomic mass is 16.5. The van der Waals surface area contributed by atoms with Crippen LogP contribution < -0.4 is 5.32 Å². The predicted molar refractivity (Wildman–Crippen MR) is 77.4 cm³/mol. The Kier molecular flexibility index (Phi) is 5.95. The summed E-state index contributed by atoms with van der Waals surface area (Å²) in [6.45, 7) is 4.69. The fourth-order valence-electron chi connectivity index (χ4n) is 2.51. The van der Waals surface area contributed by atoms with Gasteiger partial charge in [0, 0.05) is 39.1 Å². The Balaban J connectivity index is 1.64. The van der Waals surface area contributed by atoms with Gasteiger partial charge in [-0.15, -0.1) is 0 Å². The highest BCUT2D eigenvalue weighted by molar-refractivity contribution is 5.78. The van der Waals surface area contributed by atoms with Gasteiger partial charge in [-0.05, 0) is 36.6 Å². The number of rotatable bonds is 7. The lowest BCUT2D eigenvalue weighted by Crippen LogP contribution is -2.32. The predicted octanol–water partition coefficient (Wildman–Crippen LogP) is 0.709. The molecule has 110 valence electrons. The van der Waals surface area contributed by atoms with E-state index < -0.39 is 0 Å². The lowest BCUT2D eigenvalue weighted by molar-refractivity contribution is -0.120. The first kappa shape index (κ1) is 14.9. The van der Waals surface area contributed by atoms with E-state index in [9.17, 15) is 4.79 Å². The van der Waals surface area contributed by atoms with Gasteiger partial charge in [-0.3, -0.25) is 9.78 Å². The molecule has 1 fully saturated rings. The number of pyridine rings is 1. The number of carbonyl (C=O) groups is 1. The summed E-state index contributed by atoms with van der Waals surface area (Å²) in [5, 5.41) is 3.03. The summed E-state index contributed by atoms with van der Waals surface area (Å²) in [5.41, 5.74) is 1.01. The third kappa shape index (κ3) is 4.90. The van der Waals surface area contributed by atoms with E-state index in [-0.39, 0.29) is 5.91 Å². The molecule has 2 heterocycles. The monoisotopic (exact) mass is 277 g/mol. The lowest BCUT2D eigenvalue weighted by atomic mass is 10.1. The van der Waals surface area contributed by atoms with Gasteiger partial charge in [-0.2, -0.15) is 0 Å². The van der Waals surface area contributed by atoms with Gasteiger partial charge in [-0.25, -0.2) is 0 Å². The van der Waals surface area contributed by atoms with Crippen LogP contribution in [0.15, 0.2) is 24.5 Å². The van der Waals surface area contributed by atoms with E-state index in [1.165, 1.54) is 0 Å². The van der Waals surface area contributed by atoms with Gasteiger partial charge in [0.25, 0.3) is 0 Å². The van der Waals surface area contributed by atoms with Crippen LogP contribution in [-0.2, 0) is 16.0 Å². The van der Waals surface area contributed by atoms with Crippen molar-refractivity contribution in [2.75, 3.05) is 39.9 Å². The number of methoxy groups -OCH3 is 1. The van der Waals surface area contributed by atoms with Crippen LogP contribution in [-0.4, -0.2) is 55.7 Å². The fourth-order valence-corrected chi connectivity index (χ4v) is 2.51. The van der Waals surface area contributed by atoms with Gasteiger partial charge >= 0.3 is 0 Å². The summed E-state index contributed by atoms with van der Waals surface area (Å²) in [6.07, 6.45) is 5.02. The van der Waals surface area contributed by atoms with E-state index in [2.05, 4.69) is 15.2 Å². The van der Waals surface area contributed by atoms with Crippen LogP contribution in [0, 0.1) is 5.92 Å². The van der Waals surface area contributed by atoms with Crippen molar-refractivity contribution in [3.8, 4) is 0 Å². The number of amides is 1. The van der Waals surface area contributed by atoms with E-state index in [0.29, 0.717) is 12.3 Å². The van der Waals surface area contributed by atoms with Crippen molar-refractivity contribution < 1.29 is 9.53 Å². The quantitative estimate of drug-likeness (QED) is 0.797. The van der Waals surface area contributed by atoms with Gasteiger partial charge in [0.2, 0.25) is 5.91 Å². The molecule has 0 saturated carbocycles. The van der Waals surface area contributed by atoms with Crippen molar-refractivity contribution in [3.05, 3.63) is 30.1 Å². The third-order valence-corrected chi connectivity index (χ3v) is 3.68. The second-order valence-electron chi connectivity index (χ2n) is 5.28. The Hall–Kier alpha value is -1.46. The Bertz CT molecular complexity index is 411. The number of hydrogen-bond donors (Lipinski definition) is 1. The molecule has 1 aliphatic rings. The number of nitrogens with one attached hydrogen (secondary N) is 1. The van der Waals surface area contributed by atoms with Crippen LogP contribution in [0.4, 0.5) is 0 Å². The van der Waals surface area contributed by atoms with Crippen LogP contribution in [0.5, 0.6) is 0 Å². The molecule has 1 aromatic rings. The van der Waals surface area contributed by atoms with Crippen LogP contribution in [0.25, 0.3) is 0 Å². The maximum absolute atomic E-state index is 11.9. The summed E-state index contributed by atoms with van der Waals surface area (Å²) in [4.78, 5) is 18.2. The molecule has 0 spiro atoms. The summed E-state index contributed by atoms with van der Waals surface area (Å²) in [7, 11) is 1.73. The second-order valence-corrected chi connectivity index (χ2v) is 5.28. The number of hydrogen-bond acceptors (Lipinski definition) is 4. The second kappa shape index (κ2) is 7.97.